The van der Waals surface area contributed by atoms with E-state index in [0.29, 0.717) is 5.92 Å². The molecular formula is C13H23NOS. The zero-order valence-corrected chi connectivity index (χ0v) is 10.8. The zero-order valence-electron chi connectivity index (χ0n) is 9.95. The molecule has 0 aromatic heterocycles. The molecule has 3 heteroatoms. The molecule has 4 fully saturated rings. The number of rotatable bonds is 1. The molecule has 92 valence electrons. The monoisotopic (exact) mass is 241 g/mol. The number of fused-ring (bicyclic) bond motifs is 3. The van der Waals surface area contributed by atoms with Crippen molar-refractivity contribution in [1.29, 1.82) is 0 Å². The van der Waals surface area contributed by atoms with Crippen LogP contribution in [0.5, 0.6) is 0 Å². The molecule has 4 aliphatic rings. The van der Waals surface area contributed by atoms with Crippen LogP contribution < -0.4 is 5.73 Å². The van der Waals surface area contributed by atoms with Crippen molar-refractivity contribution in [2.45, 2.75) is 56.1 Å². The van der Waals surface area contributed by atoms with E-state index in [1.54, 1.807) is 0 Å². The van der Waals surface area contributed by atoms with E-state index < -0.39 is 5.60 Å². The van der Waals surface area contributed by atoms with Crippen LogP contribution in [0.2, 0.25) is 0 Å². The lowest BCUT2D eigenvalue weighted by molar-refractivity contribution is -0.110. The lowest BCUT2D eigenvalue weighted by Gasteiger charge is -2.58. The lowest BCUT2D eigenvalue weighted by atomic mass is 9.54. The fraction of sp³-hybridized carbons (Fsp3) is 1.00. The molecule has 16 heavy (non-hydrogen) atoms. The third-order valence-electron chi connectivity index (χ3n) is 5.39. The Labute approximate surface area is 102 Å². The van der Waals surface area contributed by atoms with Crippen molar-refractivity contribution >= 4 is 11.8 Å². The number of thioether (sulfide) groups is 1. The Hall–Kier alpha value is 0.270. The second-order valence-electron chi connectivity index (χ2n) is 6.11. The Morgan fingerprint density at radius 3 is 2.19 bits per heavy atom. The van der Waals surface area contributed by atoms with E-state index in [-0.39, 0.29) is 5.54 Å². The molecule has 1 unspecified atom stereocenters. The van der Waals surface area contributed by atoms with Gasteiger partial charge in [0, 0.05) is 5.54 Å². The van der Waals surface area contributed by atoms with Gasteiger partial charge in [-0.3, -0.25) is 0 Å². The fourth-order valence-corrected chi connectivity index (χ4v) is 5.44. The summed E-state index contributed by atoms with van der Waals surface area (Å²) in [7, 11) is 0. The van der Waals surface area contributed by atoms with Gasteiger partial charge in [0.05, 0.1) is 5.60 Å². The molecule has 3 N–H and O–H groups in total. The highest BCUT2D eigenvalue weighted by atomic mass is 32.2. The fourth-order valence-electron chi connectivity index (χ4n) is 4.27. The summed E-state index contributed by atoms with van der Waals surface area (Å²) in [6, 6.07) is 0. The number of hydrogen-bond donors (Lipinski definition) is 2. The minimum Gasteiger partial charge on any atom is -0.388 e. The van der Waals surface area contributed by atoms with Gasteiger partial charge >= 0.3 is 0 Å². The number of aliphatic hydroxyl groups is 1. The Morgan fingerprint density at radius 2 is 1.69 bits per heavy atom. The van der Waals surface area contributed by atoms with Gasteiger partial charge in [-0.05, 0) is 55.4 Å². The Balaban J connectivity index is 1.86. The molecule has 1 saturated heterocycles. The van der Waals surface area contributed by atoms with Gasteiger partial charge in [-0.25, -0.2) is 0 Å². The van der Waals surface area contributed by atoms with E-state index in [1.165, 1.54) is 25.7 Å². The molecule has 0 spiro atoms. The SMILES string of the molecule is NC1(C2(O)CCSCC2)CC2CCC1CC2. The Kier molecular flexibility index (Phi) is 2.76. The Bertz CT molecular complexity index is 269. The minimum atomic E-state index is -0.554. The summed E-state index contributed by atoms with van der Waals surface area (Å²) in [4.78, 5) is 0. The summed E-state index contributed by atoms with van der Waals surface area (Å²) >= 11 is 1.96. The van der Waals surface area contributed by atoms with E-state index in [0.717, 1.165) is 36.7 Å². The first kappa shape index (κ1) is 11.4. The van der Waals surface area contributed by atoms with Crippen LogP contribution in [-0.4, -0.2) is 27.8 Å². The van der Waals surface area contributed by atoms with Crippen molar-refractivity contribution in [3.8, 4) is 0 Å². The average Bonchev–Trinajstić information content (AvgIpc) is 2.31. The Morgan fingerprint density at radius 1 is 1.06 bits per heavy atom. The third-order valence-corrected chi connectivity index (χ3v) is 6.37. The summed E-state index contributed by atoms with van der Waals surface area (Å²) in [6.45, 7) is 0. The van der Waals surface area contributed by atoms with E-state index in [4.69, 9.17) is 5.73 Å². The van der Waals surface area contributed by atoms with Crippen molar-refractivity contribution in [2.24, 2.45) is 17.6 Å². The van der Waals surface area contributed by atoms with Crippen molar-refractivity contribution < 1.29 is 5.11 Å². The standard InChI is InChI=1S/C13H23NOS/c14-13(12(15)5-7-16-8-6-12)9-10-1-3-11(13)4-2-10/h10-11,15H,1-9,14H2. The second kappa shape index (κ2) is 3.89. The van der Waals surface area contributed by atoms with Crippen LogP contribution in [0, 0.1) is 11.8 Å². The summed E-state index contributed by atoms with van der Waals surface area (Å²) in [5.74, 6) is 3.57. The second-order valence-corrected chi connectivity index (χ2v) is 7.33. The maximum atomic E-state index is 10.9. The van der Waals surface area contributed by atoms with E-state index in [1.807, 2.05) is 11.8 Å². The maximum Gasteiger partial charge on any atom is 0.0844 e. The molecule has 3 saturated carbocycles. The molecule has 2 nitrogen and oxygen atoms in total. The highest BCUT2D eigenvalue weighted by Gasteiger charge is 2.56. The predicted octanol–water partition coefficient (Wildman–Crippen LogP) is 2.15. The molecule has 4 rings (SSSR count). The van der Waals surface area contributed by atoms with Crippen LogP contribution in [0.3, 0.4) is 0 Å². The molecule has 3 aliphatic carbocycles. The van der Waals surface area contributed by atoms with Gasteiger partial charge in [0.15, 0.2) is 0 Å². The third kappa shape index (κ3) is 1.55. The first-order valence-corrected chi connectivity index (χ1v) is 7.88. The molecule has 0 radical (unpaired) electrons. The molecule has 2 bridgehead atoms. The zero-order chi connectivity index (χ0) is 11.2. The van der Waals surface area contributed by atoms with Crippen LogP contribution in [-0.2, 0) is 0 Å². The van der Waals surface area contributed by atoms with Crippen LogP contribution in [0.4, 0.5) is 0 Å². The molecule has 1 aliphatic heterocycles. The lowest BCUT2D eigenvalue weighted by Crippen LogP contribution is -2.69. The normalized spacial score (nSPS) is 46.9. The van der Waals surface area contributed by atoms with E-state index in [2.05, 4.69) is 0 Å². The highest BCUT2D eigenvalue weighted by molar-refractivity contribution is 7.99. The summed E-state index contributed by atoms with van der Waals surface area (Å²) in [5.41, 5.74) is 5.89. The highest BCUT2D eigenvalue weighted by Crippen LogP contribution is 2.53. The van der Waals surface area contributed by atoms with Crippen molar-refractivity contribution in [3.05, 3.63) is 0 Å². The van der Waals surface area contributed by atoms with Gasteiger partial charge in [-0.2, -0.15) is 11.8 Å². The van der Waals surface area contributed by atoms with Crippen LogP contribution >= 0.6 is 11.8 Å². The van der Waals surface area contributed by atoms with Gasteiger partial charge in [0.25, 0.3) is 0 Å². The van der Waals surface area contributed by atoms with Gasteiger partial charge < -0.3 is 10.8 Å². The van der Waals surface area contributed by atoms with E-state index in [9.17, 15) is 5.11 Å². The van der Waals surface area contributed by atoms with Crippen LogP contribution in [0.1, 0.15) is 44.9 Å². The van der Waals surface area contributed by atoms with Crippen molar-refractivity contribution in [3.63, 3.8) is 0 Å². The van der Waals surface area contributed by atoms with Gasteiger partial charge in [-0.15, -0.1) is 0 Å². The van der Waals surface area contributed by atoms with Crippen LogP contribution in [0.15, 0.2) is 0 Å². The molecular weight excluding hydrogens is 218 g/mol. The first-order valence-electron chi connectivity index (χ1n) is 6.73. The van der Waals surface area contributed by atoms with Crippen LogP contribution in [0.25, 0.3) is 0 Å². The first-order chi connectivity index (χ1) is 7.64. The maximum absolute atomic E-state index is 10.9. The molecule has 0 aromatic rings. The largest absolute Gasteiger partial charge is 0.388 e. The average molecular weight is 241 g/mol. The number of hydrogen-bond acceptors (Lipinski definition) is 3. The summed E-state index contributed by atoms with van der Waals surface area (Å²) in [5, 5.41) is 10.9. The molecule has 0 amide bonds. The van der Waals surface area contributed by atoms with Crippen molar-refractivity contribution in [2.75, 3.05) is 11.5 Å². The molecule has 1 heterocycles. The summed E-state index contributed by atoms with van der Waals surface area (Å²) in [6.07, 6.45) is 8.14. The molecule has 0 aromatic carbocycles. The van der Waals surface area contributed by atoms with Gasteiger partial charge in [0.2, 0.25) is 0 Å². The van der Waals surface area contributed by atoms with Gasteiger partial charge in [0.1, 0.15) is 0 Å². The van der Waals surface area contributed by atoms with Gasteiger partial charge in [-0.1, -0.05) is 12.8 Å². The topological polar surface area (TPSA) is 46.2 Å². The van der Waals surface area contributed by atoms with Crippen molar-refractivity contribution in [1.82, 2.24) is 0 Å². The quantitative estimate of drug-likeness (QED) is 0.739. The number of nitrogens with two attached hydrogens (primary N) is 1. The summed E-state index contributed by atoms with van der Waals surface area (Å²) < 4.78 is 0. The smallest absolute Gasteiger partial charge is 0.0844 e. The molecule has 1 atom stereocenters. The predicted molar refractivity (Wildman–Crippen MR) is 68.5 cm³/mol. The minimum absolute atomic E-state index is 0.255. The van der Waals surface area contributed by atoms with E-state index >= 15 is 0 Å².